The van der Waals surface area contributed by atoms with Crippen LogP contribution in [-0.2, 0) is 6.54 Å². The normalized spacial score (nSPS) is 13.4. The van der Waals surface area contributed by atoms with Crippen molar-refractivity contribution < 1.29 is 44.8 Å². The SMILES string of the molecule is C=C(F)/C(=C\C=C/C)Cn1nc(-c2ncc(F)c(NCC(O)(C(F)(F)F)C(F)(F)F)n2)cc1-c1ccon1. The van der Waals surface area contributed by atoms with E-state index < -0.39 is 47.8 Å². The first-order valence-electron chi connectivity index (χ1n) is 10.5. The molecule has 0 spiro atoms. The number of allylic oxidation sites excluding steroid dienone is 5. The van der Waals surface area contributed by atoms with Gasteiger partial charge in [0.15, 0.2) is 17.5 Å². The highest BCUT2D eigenvalue weighted by atomic mass is 19.4. The molecule has 0 unspecified atom stereocenters. The van der Waals surface area contributed by atoms with Crippen LogP contribution in [0, 0.1) is 5.82 Å². The van der Waals surface area contributed by atoms with Gasteiger partial charge in [-0.15, -0.1) is 0 Å². The number of aromatic nitrogens is 5. The van der Waals surface area contributed by atoms with E-state index in [1.807, 2.05) is 0 Å². The zero-order valence-corrected chi connectivity index (χ0v) is 19.3. The smallest absolute Gasteiger partial charge is 0.372 e. The van der Waals surface area contributed by atoms with Crippen molar-refractivity contribution in [3.63, 3.8) is 0 Å². The van der Waals surface area contributed by atoms with Gasteiger partial charge in [-0.1, -0.05) is 30.0 Å². The van der Waals surface area contributed by atoms with Gasteiger partial charge in [-0.2, -0.15) is 31.4 Å². The van der Waals surface area contributed by atoms with Crippen LogP contribution in [0.5, 0.6) is 0 Å². The van der Waals surface area contributed by atoms with Crippen LogP contribution in [0.3, 0.4) is 0 Å². The van der Waals surface area contributed by atoms with Crippen molar-refractivity contribution in [1.29, 1.82) is 0 Å². The summed E-state index contributed by atoms with van der Waals surface area (Å²) in [6.45, 7) is 2.57. The molecule has 0 aliphatic heterocycles. The molecule has 8 nitrogen and oxygen atoms in total. The molecule has 0 aliphatic rings. The third-order valence-corrected chi connectivity index (χ3v) is 5.06. The van der Waals surface area contributed by atoms with E-state index in [-0.39, 0.29) is 29.2 Å². The molecule has 3 aromatic rings. The largest absolute Gasteiger partial charge is 0.428 e. The highest BCUT2D eigenvalue weighted by Gasteiger charge is 2.70. The zero-order chi connectivity index (χ0) is 28.3. The number of anilines is 1. The van der Waals surface area contributed by atoms with Gasteiger partial charge in [0.05, 0.1) is 25.0 Å². The fourth-order valence-corrected chi connectivity index (χ4v) is 2.99. The van der Waals surface area contributed by atoms with Crippen molar-refractivity contribution in [1.82, 2.24) is 24.9 Å². The Morgan fingerprint density at radius 3 is 2.42 bits per heavy atom. The van der Waals surface area contributed by atoms with E-state index in [2.05, 4.69) is 26.8 Å². The van der Waals surface area contributed by atoms with Gasteiger partial charge in [-0.25, -0.2) is 18.7 Å². The summed E-state index contributed by atoms with van der Waals surface area (Å²) in [4.78, 5) is 7.31. The molecular formula is C22H18F8N6O2. The standard InChI is InChI=1S/C22H18F8N6O2/c1-3-4-5-13(12(2)23)10-36-17(15-6-7-38-35-15)8-16(34-36)19-31-9-14(24)18(33-19)32-11-20(37,21(25,26)27)22(28,29)30/h3-9,37H,2,10-11H2,1H3,(H,31,32,33)/b4-3-,13-5-. The maximum atomic E-state index is 14.2. The Morgan fingerprint density at radius 2 is 1.87 bits per heavy atom. The molecule has 38 heavy (non-hydrogen) atoms. The minimum Gasteiger partial charge on any atom is -0.372 e. The fourth-order valence-electron chi connectivity index (χ4n) is 2.99. The summed E-state index contributed by atoms with van der Waals surface area (Å²) in [7, 11) is 0. The van der Waals surface area contributed by atoms with E-state index in [0.717, 1.165) is 0 Å². The highest BCUT2D eigenvalue weighted by molar-refractivity contribution is 5.63. The second kappa shape index (κ2) is 10.7. The first-order chi connectivity index (χ1) is 17.7. The molecule has 3 aromatic heterocycles. The first kappa shape index (κ1) is 28.5. The van der Waals surface area contributed by atoms with Gasteiger partial charge in [0.2, 0.25) is 0 Å². The summed E-state index contributed by atoms with van der Waals surface area (Å²) in [6.07, 6.45) is -5.94. The van der Waals surface area contributed by atoms with Crippen molar-refractivity contribution in [2.45, 2.75) is 31.4 Å². The quantitative estimate of drug-likeness (QED) is 0.272. The maximum absolute atomic E-state index is 14.2. The van der Waals surface area contributed by atoms with Gasteiger partial charge >= 0.3 is 12.4 Å². The third-order valence-electron chi connectivity index (χ3n) is 5.06. The fraction of sp³-hybridized carbons (Fsp3) is 0.273. The molecule has 3 rings (SSSR count). The Labute approximate surface area is 209 Å². The summed E-state index contributed by atoms with van der Waals surface area (Å²) in [6, 6.07) is 2.75. The van der Waals surface area contributed by atoms with Crippen molar-refractivity contribution in [3.05, 3.63) is 66.6 Å². The van der Waals surface area contributed by atoms with Crippen molar-refractivity contribution in [2.24, 2.45) is 0 Å². The monoisotopic (exact) mass is 550 g/mol. The van der Waals surface area contributed by atoms with E-state index in [1.165, 1.54) is 29.2 Å². The average Bonchev–Trinajstić information content (AvgIpc) is 3.49. The van der Waals surface area contributed by atoms with Gasteiger partial charge in [-0.05, 0) is 13.0 Å². The summed E-state index contributed by atoms with van der Waals surface area (Å²) >= 11 is 0. The third kappa shape index (κ3) is 5.90. The molecule has 16 heteroatoms. The van der Waals surface area contributed by atoms with Crippen LogP contribution < -0.4 is 5.32 Å². The van der Waals surface area contributed by atoms with Gasteiger partial charge in [0.25, 0.3) is 5.60 Å². The Kier molecular flexibility index (Phi) is 8.04. The molecule has 0 radical (unpaired) electrons. The molecule has 0 aromatic carbocycles. The molecule has 0 bridgehead atoms. The number of rotatable bonds is 9. The number of aliphatic hydroxyl groups is 1. The minimum absolute atomic E-state index is 0.100. The van der Waals surface area contributed by atoms with Gasteiger partial charge in [0.1, 0.15) is 23.5 Å². The van der Waals surface area contributed by atoms with Crippen molar-refractivity contribution in [2.75, 3.05) is 11.9 Å². The predicted molar refractivity (Wildman–Crippen MR) is 117 cm³/mol. The highest BCUT2D eigenvalue weighted by Crippen LogP contribution is 2.43. The van der Waals surface area contributed by atoms with Crippen LogP contribution in [0.2, 0.25) is 0 Å². The molecule has 0 fully saturated rings. The maximum Gasteiger partial charge on any atom is 0.428 e. The Hall–Kier alpha value is -4.08. The molecule has 204 valence electrons. The number of hydrogen-bond acceptors (Lipinski definition) is 7. The van der Waals surface area contributed by atoms with Gasteiger partial charge in [-0.3, -0.25) is 4.68 Å². The lowest BCUT2D eigenvalue weighted by Crippen LogP contribution is -2.61. The number of nitrogens with zero attached hydrogens (tertiary/aromatic N) is 5. The topological polar surface area (TPSA) is 102 Å². The minimum atomic E-state index is -6.13. The lowest BCUT2D eigenvalue weighted by atomic mass is 10.0. The molecular weight excluding hydrogens is 532 g/mol. The van der Waals surface area contributed by atoms with E-state index in [1.54, 1.807) is 24.4 Å². The molecule has 2 N–H and O–H groups in total. The van der Waals surface area contributed by atoms with Crippen LogP contribution in [0.15, 0.2) is 65.3 Å². The molecule has 3 heterocycles. The van der Waals surface area contributed by atoms with Gasteiger partial charge in [0, 0.05) is 11.6 Å². The molecule has 0 atom stereocenters. The van der Waals surface area contributed by atoms with Gasteiger partial charge < -0.3 is 14.9 Å². The number of halogens is 8. The first-order valence-corrected chi connectivity index (χ1v) is 10.5. The Morgan fingerprint density at radius 1 is 1.18 bits per heavy atom. The van der Waals surface area contributed by atoms with Crippen LogP contribution in [-0.4, -0.2) is 54.5 Å². The summed E-state index contributed by atoms with van der Waals surface area (Å²) in [5, 5.41) is 18.8. The predicted octanol–water partition coefficient (Wildman–Crippen LogP) is 5.39. The number of hydrogen-bond donors (Lipinski definition) is 2. The second-order valence-electron chi connectivity index (χ2n) is 7.68. The van der Waals surface area contributed by atoms with Crippen LogP contribution in [0.1, 0.15) is 6.92 Å². The molecule has 0 saturated heterocycles. The lowest BCUT2D eigenvalue weighted by Gasteiger charge is -2.32. The number of alkyl halides is 6. The second-order valence-corrected chi connectivity index (χ2v) is 7.68. The molecule has 0 amide bonds. The van der Waals surface area contributed by atoms with Crippen LogP contribution >= 0.6 is 0 Å². The van der Waals surface area contributed by atoms with Crippen molar-refractivity contribution >= 4 is 5.82 Å². The molecule has 0 saturated carbocycles. The van der Waals surface area contributed by atoms with Crippen LogP contribution in [0.25, 0.3) is 22.9 Å². The van der Waals surface area contributed by atoms with E-state index in [4.69, 9.17) is 4.52 Å². The molecule has 0 aliphatic carbocycles. The Balaban J connectivity index is 2.01. The van der Waals surface area contributed by atoms with E-state index >= 15 is 0 Å². The zero-order valence-electron chi connectivity index (χ0n) is 19.3. The van der Waals surface area contributed by atoms with Crippen molar-refractivity contribution in [3.8, 4) is 22.9 Å². The summed E-state index contributed by atoms with van der Waals surface area (Å²) in [5.74, 6) is -3.66. The van der Waals surface area contributed by atoms with E-state index in [9.17, 15) is 40.2 Å². The average molecular weight is 550 g/mol. The summed E-state index contributed by atoms with van der Waals surface area (Å²) in [5.41, 5.74) is -4.76. The number of nitrogens with one attached hydrogen (secondary N) is 1. The van der Waals surface area contributed by atoms with E-state index in [0.29, 0.717) is 6.20 Å². The lowest BCUT2D eigenvalue weighted by molar-refractivity contribution is -0.362. The Bertz CT molecular complexity index is 1330. The van der Waals surface area contributed by atoms with Crippen LogP contribution in [0.4, 0.5) is 40.9 Å². The summed E-state index contributed by atoms with van der Waals surface area (Å²) < 4.78 is 112.